The van der Waals surface area contributed by atoms with Crippen LogP contribution in [0.5, 0.6) is 0 Å². The van der Waals surface area contributed by atoms with Crippen LogP contribution in [-0.2, 0) is 10.4 Å². The van der Waals surface area contributed by atoms with Crippen molar-refractivity contribution in [2.45, 2.75) is 76.2 Å². The average molecular weight is 274 g/mol. The topological polar surface area (TPSA) is 74.6 Å². The zero-order valence-corrected chi connectivity index (χ0v) is 12.7. The molecule has 0 unspecified atom stereocenters. The van der Waals surface area contributed by atoms with Crippen LogP contribution in [0.25, 0.3) is 0 Å². The van der Waals surface area contributed by atoms with Crippen molar-refractivity contribution < 1.29 is 17.5 Å². The van der Waals surface area contributed by atoms with Crippen molar-refractivity contribution in [1.29, 1.82) is 0 Å². The SMILES string of the molecule is O=S(=O)(O)O.[Li][CH2]CCCCCCCCCCC. The molecule has 0 atom stereocenters. The first-order chi connectivity index (χ1) is 8.41. The van der Waals surface area contributed by atoms with Crippen molar-refractivity contribution in [2.75, 3.05) is 0 Å². The number of hydrogen-bond acceptors (Lipinski definition) is 2. The molecule has 0 aromatic rings. The van der Waals surface area contributed by atoms with Crippen LogP contribution in [0.1, 0.15) is 71.1 Å². The van der Waals surface area contributed by atoms with Crippen LogP contribution >= 0.6 is 0 Å². The quantitative estimate of drug-likeness (QED) is 0.360. The first-order valence-corrected chi connectivity index (χ1v) is 8.51. The number of rotatable bonds is 10. The zero-order chi connectivity index (χ0) is 14.3. The summed E-state index contributed by atoms with van der Waals surface area (Å²) in [5.41, 5.74) is 0. The number of unbranched alkanes of at least 4 members (excludes halogenated alkanes) is 9. The molecule has 106 valence electrons. The minimum absolute atomic E-state index is 1.37. The Morgan fingerprint density at radius 3 is 1.33 bits per heavy atom. The standard InChI is InChI=1S/C12H25.Li.H2O4S/c1-3-5-7-9-11-12-10-8-6-4-2;;1-5(2,3)4/h1,3-12H2,2H3;;(H2,1,2,3,4). The van der Waals surface area contributed by atoms with Gasteiger partial charge in [-0.25, -0.2) is 0 Å². The van der Waals surface area contributed by atoms with Gasteiger partial charge < -0.3 is 0 Å². The molecular formula is C12H27LiO4S. The van der Waals surface area contributed by atoms with E-state index in [9.17, 15) is 0 Å². The van der Waals surface area contributed by atoms with Gasteiger partial charge in [0.15, 0.2) is 0 Å². The predicted octanol–water partition coefficient (Wildman–Crippen LogP) is 3.84. The average Bonchev–Trinajstić information content (AvgIpc) is 2.25. The molecule has 6 heteroatoms. The molecule has 18 heavy (non-hydrogen) atoms. The fraction of sp³-hybridized carbons (Fsp3) is 1.00. The van der Waals surface area contributed by atoms with Crippen LogP contribution in [0.15, 0.2) is 0 Å². The fourth-order valence-corrected chi connectivity index (χ4v) is 1.74. The second-order valence-corrected chi connectivity index (χ2v) is 5.53. The van der Waals surface area contributed by atoms with Gasteiger partial charge in [0.1, 0.15) is 0 Å². The molecule has 0 rings (SSSR count). The first kappa shape index (κ1) is 20.8. The minimum atomic E-state index is -4.67. The van der Waals surface area contributed by atoms with Crippen LogP contribution in [0.4, 0.5) is 0 Å². The molecule has 0 aliphatic carbocycles. The third kappa shape index (κ3) is 36.0. The van der Waals surface area contributed by atoms with E-state index in [4.69, 9.17) is 17.5 Å². The van der Waals surface area contributed by atoms with E-state index in [0.29, 0.717) is 0 Å². The molecular weight excluding hydrogens is 247 g/mol. The van der Waals surface area contributed by atoms with Crippen LogP contribution in [-0.4, -0.2) is 35.2 Å². The van der Waals surface area contributed by atoms with Gasteiger partial charge in [-0.15, -0.1) is 0 Å². The van der Waals surface area contributed by atoms with Crippen molar-refractivity contribution in [3.05, 3.63) is 0 Å². The maximum absolute atomic E-state index is 8.74. The molecule has 0 saturated carbocycles. The van der Waals surface area contributed by atoms with Crippen molar-refractivity contribution >= 4 is 28.1 Å². The molecule has 4 nitrogen and oxygen atoms in total. The van der Waals surface area contributed by atoms with Gasteiger partial charge in [0.25, 0.3) is 0 Å². The van der Waals surface area contributed by atoms with Gasteiger partial charge in [-0.3, -0.25) is 9.11 Å². The molecule has 0 aromatic heterocycles. The molecule has 2 N–H and O–H groups in total. The fourth-order valence-electron chi connectivity index (χ4n) is 1.74. The summed E-state index contributed by atoms with van der Waals surface area (Å²) in [5.74, 6) is 0. The molecule has 0 saturated heterocycles. The Morgan fingerprint density at radius 1 is 0.778 bits per heavy atom. The van der Waals surface area contributed by atoms with E-state index in [1.165, 1.54) is 69.3 Å². The Labute approximate surface area is 122 Å². The van der Waals surface area contributed by atoms with Crippen molar-refractivity contribution in [2.24, 2.45) is 0 Å². The molecule has 0 aliphatic heterocycles. The van der Waals surface area contributed by atoms with Gasteiger partial charge in [0.2, 0.25) is 0 Å². The summed E-state index contributed by atoms with van der Waals surface area (Å²) in [4.78, 5) is 0. The van der Waals surface area contributed by atoms with Gasteiger partial charge >= 0.3 is 104 Å². The Balaban J connectivity index is 0. The van der Waals surface area contributed by atoms with E-state index in [1.807, 2.05) is 0 Å². The van der Waals surface area contributed by atoms with Crippen LogP contribution in [0, 0.1) is 0 Å². The van der Waals surface area contributed by atoms with Gasteiger partial charge in [0.05, 0.1) is 0 Å². The maximum atomic E-state index is 8.74. The van der Waals surface area contributed by atoms with Crippen molar-refractivity contribution in [3.8, 4) is 0 Å². The molecule has 0 bridgehead atoms. The second-order valence-electron chi connectivity index (χ2n) is 4.63. The molecule has 0 aromatic carbocycles. The summed E-state index contributed by atoms with van der Waals surface area (Å²) in [6.45, 7) is 2.28. The normalized spacial score (nSPS) is 10.9. The first-order valence-electron chi connectivity index (χ1n) is 7.11. The van der Waals surface area contributed by atoms with Crippen molar-refractivity contribution in [3.63, 3.8) is 0 Å². The third-order valence-electron chi connectivity index (χ3n) is 2.71. The zero-order valence-electron chi connectivity index (χ0n) is 11.9. The van der Waals surface area contributed by atoms with E-state index in [2.05, 4.69) is 24.6 Å². The van der Waals surface area contributed by atoms with Crippen molar-refractivity contribution in [1.82, 2.24) is 0 Å². The molecule has 0 fully saturated rings. The Hall–Kier alpha value is 0.467. The van der Waals surface area contributed by atoms with E-state index in [-0.39, 0.29) is 0 Å². The summed E-state index contributed by atoms with van der Waals surface area (Å²) in [7, 11) is -4.67. The summed E-state index contributed by atoms with van der Waals surface area (Å²) in [5, 5.41) is 1.37. The third-order valence-corrected chi connectivity index (χ3v) is 2.71. The van der Waals surface area contributed by atoms with Gasteiger partial charge in [-0.2, -0.15) is 8.42 Å². The van der Waals surface area contributed by atoms with Crippen LogP contribution in [0.2, 0.25) is 5.09 Å². The number of hydrogen-bond donors (Lipinski definition) is 2. The van der Waals surface area contributed by atoms with E-state index >= 15 is 0 Å². The van der Waals surface area contributed by atoms with Gasteiger partial charge in [-0.1, -0.05) is 0 Å². The molecule has 0 aliphatic rings. The van der Waals surface area contributed by atoms with Gasteiger partial charge in [0, 0.05) is 0 Å². The summed E-state index contributed by atoms with van der Waals surface area (Å²) in [6.07, 6.45) is 14.6. The molecule has 0 radical (unpaired) electrons. The summed E-state index contributed by atoms with van der Waals surface area (Å²) >= 11 is 2.28. The molecule has 0 heterocycles. The monoisotopic (exact) mass is 274 g/mol. The Morgan fingerprint density at radius 2 is 1.06 bits per heavy atom. The van der Waals surface area contributed by atoms with E-state index in [1.54, 1.807) is 0 Å². The molecule has 0 amide bonds. The Kier molecular flexibility index (Phi) is 17.9. The second kappa shape index (κ2) is 15.5. The Bertz CT molecular complexity index is 224. The summed E-state index contributed by atoms with van der Waals surface area (Å²) < 4.78 is 31.6. The summed E-state index contributed by atoms with van der Waals surface area (Å²) in [6, 6.07) is 0. The van der Waals surface area contributed by atoms with Gasteiger partial charge in [-0.05, 0) is 0 Å². The predicted molar refractivity (Wildman–Crippen MR) is 76.6 cm³/mol. The van der Waals surface area contributed by atoms with E-state index < -0.39 is 10.4 Å². The van der Waals surface area contributed by atoms with Crippen LogP contribution in [0.3, 0.4) is 0 Å². The van der Waals surface area contributed by atoms with Crippen LogP contribution < -0.4 is 0 Å². The molecule has 0 spiro atoms. The van der Waals surface area contributed by atoms with E-state index in [0.717, 1.165) is 0 Å².